The van der Waals surface area contributed by atoms with Crippen molar-refractivity contribution in [3.63, 3.8) is 0 Å². The average molecular weight is 195 g/mol. The zero-order chi connectivity index (χ0) is 9.26. The predicted molar refractivity (Wildman–Crippen MR) is 54.1 cm³/mol. The van der Waals surface area contributed by atoms with E-state index in [1.54, 1.807) is 0 Å². The molecule has 1 N–H and O–H groups in total. The molecule has 0 spiro atoms. The van der Waals surface area contributed by atoms with E-state index in [-0.39, 0.29) is 0 Å². The van der Waals surface area contributed by atoms with E-state index in [0.29, 0.717) is 6.04 Å². The first kappa shape index (κ1) is 8.91. The molecule has 1 aliphatic rings. The summed E-state index contributed by atoms with van der Waals surface area (Å²) in [4.78, 5) is 1.01. The third-order valence-electron chi connectivity index (χ3n) is 2.48. The molecule has 1 aromatic carbocycles. The summed E-state index contributed by atoms with van der Waals surface area (Å²) in [5.74, 6) is 0.780. The molecule has 3 heteroatoms. The molecule has 0 aromatic heterocycles. The molecule has 2 nitrogen and oxygen atoms in total. The standard InChI is InChI=1S/C10H13NOS/c1-11-9-6-7-13(12)10-5-3-2-4-8(9)10/h2-5,9,11H,6-7H2,1H3. The summed E-state index contributed by atoms with van der Waals surface area (Å²) in [6.07, 6.45) is 0.972. The molecule has 2 rings (SSSR count). The van der Waals surface area contributed by atoms with Crippen LogP contribution in [0.2, 0.25) is 0 Å². The van der Waals surface area contributed by atoms with Gasteiger partial charge in [-0.15, -0.1) is 0 Å². The van der Waals surface area contributed by atoms with Gasteiger partial charge in [0, 0.05) is 16.7 Å². The lowest BCUT2D eigenvalue weighted by atomic mass is 10.0. The third-order valence-corrected chi connectivity index (χ3v) is 3.95. The zero-order valence-corrected chi connectivity index (χ0v) is 8.43. The largest absolute Gasteiger partial charge is 0.313 e. The molecule has 0 amide bonds. The van der Waals surface area contributed by atoms with Crippen molar-refractivity contribution in [3.8, 4) is 0 Å². The summed E-state index contributed by atoms with van der Waals surface area (Å²) in [6.45, 7) is 0. The first-order valence-electron chi connectivity index (χ1n) is 4.47. The minimum Gasteiger partial charge on any atom is -0.313 e. The van der Waals surface area contributed by atoms with E-state index in [9.17, 15) is 4.21 Å². The van der Waals surface area contributed by atoms with Crippen LogP contribution in [0.15, 0.2) is 29.2 Å². The van der Waals surface area contributed by atoms with Gasteiger partial charge in [-0.2, -0.15) is 0 Å². The maximum atomic E-state index is 11.6. The van der Waals surface area contributed by atoms with E-state index < -0.39 is 10.8 Å². The van der Waals surface area contributed by atoms with Gasteiger partial charge in [0.25, 0.3) is 0 Å². The van der Waals surface area contributed by atoms with E-state index in [4.69, 9.17) is 0 Å². The quantitative estimate of drug-likeness (QED) is 0.735. The molecule has 70 valence electrons. The molecule has 0 saturated heterocycles. The fraction of sp³-hybridized carbons (Fsp3) is 0.400. The highest BCUT2D eigenvalue weighted by Crippen LogP contribution is 2.28. The Kier molecular flexibility index (Phi) is 2.47. The molecule has 0 aliphatic carbocycles. The van der Waals surface area contributed by atoms with Crippen molar-refractivity contribution in [2.75, 3.05) is 12.8 Å². The summed E-state index contributed by atoms with van der Waals surface area (Å²) in [5.41, 5.74) is 1.20. The highest BCUT2D eigenvalue weighted by atomic mass is 32.2. The predicted octanol–water partition coefficient (Wildman–Crippen LogP) is 1.46. The Morgan fingerprint density at radius 1 is 1.46 bits per heavy atom. The van der Waals surface area contributed by atoms with Gasteiger partial charge in [-0.3, -0.25) is 4.21 Å². The molecule has 1 heterocycles. The van der Waals surface area contributed by atoms with Crippen LogP contribution in [0.4, 0.5) is 0 Å². The van der Waals surface area contributed by atoms with E-state index in [0.717, 1.165) is 17.1 Å². The summed E-state index contributed by atoms with van der Waals surface area (Å²) in [7, 11) is 1.18. The summed E-state index contributed by atoms with van der Waals surface area (Å²) in [5, 5.41) is 3.25. The maximum absolute atomic E-state index is 11.6. The lowest BCUT2D eigenvalue weighted by Gasteiger charge is -2.24. The van der Waals surface area contributed by atoms with Crippen molar-refractivity contribution < 1.29 is 4.21 Å². The first-order valence-corrected chi connectivity index (χ1v) is 5.79. The van der Waals surface area contributed by atoms with Gasteiger partial charge >= 0.3 is 0 Å². The van der Waals surface area contributed by atoms with Gasteiger partial charge in [0.15, 0.2) is 0 Å². The Labute approximate surface area is 80.8 Å². The van der Waals surface area contributed by atoms with Crippen LogP contribution in [0.5, 0.6) is 0 Å². The van der Waals surface area contributed by atoms with Crippen LogP contribution in [0.3, 0.4) is 0 Å². The average Bonchev–Trinajstić information content (AvgIpc) is 2.19. The van der Waals surface area contributed by atoms with Crippen LogP contribution in [0, 0.1) is 0 Å². The molecule has 0 fully saturated rings. The van der Waals surface area contributed by atoms with Gasteiger partial charge in [0.2, 0.25) is 0 Å². The number of hydrogen-bond acceptors (Lipinski definition) is 2. The number of hydrogen-bond donors (Lipinski definition) is 1. The Bertz CT molecular complexity index is 337. The van der Waals surface area contributed by atoms with Crippen molar-refractivity contribution in [2.45, 2.75) is 17.4 Å². The van der Waals surface area contributed by atoms with Crippen LogP contribution < -0.4 is 5.32 Å². The summed E-state index contributed by atoms with van der Waals surface area (Å²) >= 11 is 0. The van der Waals surface area contributed by atoms with E-state index in [1.165, 1.54) is 5.56 Å². The fourth-order valence-corrected chi connectivity index (χ4v) is 3.14. The van der Waals surface area contributed by atoms with Crippen LogP contribution in [0.1, 0.15) is 18.0 Å². The number of rotatable bonds is 1. The molecule has 1 aromatic rings. The van der Waals surface area contributed by atoms with Crippen molar-refractivity contribution in [1.82, 2.24) is 5.32 Å². The fourth-order valence-electron chi connectivity index (χ4n) is 1.77. The molecule has 2 atom stereocenters. The molecule has 0 bridgehead atoms. The van der Waals surface area contributed by atoms with E-state index in [1.807, 2.05) is 25.2 Å². The lowest BCUT2D eigenvalue weighted by molar-refractivity contribution is 0.554. The maximum Gasteiger partial charge on any atom is 0.0533 e. The van der Waals surface area contributed by atoms with Gasteiger partial charge in [-0.1, -0.05) is 18.2 Å². The van der Waals surface area contributed by atoms with Gasteiger partial charge in [0.1, 0.15) is 0 Å². The molecule has 1 aliphatic heterocycles. The van der Waals surface area contributed by atoms with Crippen molar-refractivity contribution >= 4 is 10.8 Å². The minimum atomic E-state index is -0.777. The Hall–Kier alpha value is -0.670. The number of benzene rings is 1. The second kappa shape index (κ2) is 3.60. The Morgan fingerprint density at radius 3 is 3.00 bits per heavy atom. The van der Waals surface area contributed by atoms with Crippen molar-refractivity contribution in [3.05, 3.63) is 29.8 Å². The van der Waals surface area contributed by atoms with Gasteiger partial charge in [-0.05, 0) is 25.1 Å². The Balaban J connectivity index is 2.47. The zero-order valence-electron chi connectivity index (χ0n) is 7.62. The molecule has 0 radical (unpaired) electrons. The van der Waals surface area contributed by atoms with E-state index >= 15 is 0 Å². The van der Waals surface area contributed by atoms with Crippen LogP contribution in [0.25, 0.3) is 0 Å². The molecule has 2 unspecified atom stereocenters. The normalized spacial score (nSPS) is 26.8. The van der Waals surface area contributed by atoms with Crippen LogP contribution in [-0.4, -0.2) is 17.0 Å². The topological polar surface area (TPSA) is 29.1 Å². The SMILES string of the molecule is CNC1CCS(=O)c2ccccc21. The monoisotopic (exact) mass is 195 g/mol. The summed E-state index contributed by atoms with van der Waals surface area (Å²) < 4.78 is 11.6. The molecule has 13 heavy (non-hydrogen) atoms. The van der Waals surface area contributed by atoms with E-state index in [2.05, 4.69) is 11.4 Å². The molecule has 0 saturated carbocycles. The highest BCUT2D eigenvalue weighted by Gasteiger charge is 2.22. The van der Waals surface area contributed by atoms with Crippen LogP contribution >= 0.6 is 0 Å². The van der Waals surface area contributed by atoms with Crippen molar-refractivity contribution in [1.29, 1.82) is 0 Å². The third kappa shape index (κ3) is 1.54. The minimum absolute atomic E-state index is 0.383. The number of fused-ring (bicyclic) bond motifs is 1. The van der Waals surface area contributed by atoms with Crippen molar-refractivity contribution in [2.24, 2.45) is 0 Å². The smallest absolute Gasteiger partial charge is 0.0533 e. The number of nitrogens with one attached hydrogen (secondary N) is 1. The lowest BCUT2D eigenvalue weighted by Crippen LogP contribution is -2.24. The highest BCUT2D eigenvalue weighted by molar-refractivity contribution is 7.85. The van der Waals surface area contributed by atoms with Crippen LogP contribution in [-0.2, 0) is 10.8 Å². The first-order chi connectivity index (χ1) is 6.33. The van der Waals surface area contributed by atoms with Gasteiger partial charge in [-0.25, -0.2) is 0 Å². The van der Waals surface area contributed by atoms with Gasteiger partial charge in [0.05, 0.1) is 10.8 Å². The Morgan fingerprint density at radius 2 is 2.23 bits per heavy atom. The molecular formula is C10H13NOS. The second-order valence-electron chi connectivity index (χ2n) is 3.22. The summed E-state index contributed by atoms with van der Waals surface area (Å²) in [6, 6.07) is 8.37. The molecular weight excluding hydrogens is 182 g/mol. The van der Waals surface area contributed by atoms with Gasteiger partial charge < -0.3 is 5.32 Å². The second-order valence-corrected chi connectivity index (χ2v) is 4.76.